The first-order valence-corrected chi connectivity index (χ1v) is 12.8. The number of rotatable bonds is 6. The van der Waals surface area contributed by atoms with Gasteiger partial charge in [-0.2, -0.15) is 0 Å². The molecular formula is C25H25N5O3S2. The number of aromatic nitrogens is 1. The van der Waals surface area contributed by atoms with E-state index in [-0.39, 0.29) is 21.8 Å². The van der Waals surface area contributed by atoms with E-state index in [9.17, 15) is 13.5 Å². The van der Waals surface area contributed by atoms with Gasteiger partial charge in [0.1, 0.15) is 0 Å². The van der Waals surface area contributed by atoms with Crippen molar-refractivity contribution in [3.05, 3.63) is 83.9 Å². The van der Waals surface area contributed by atoms with Crippen LogP contribution in [0.3, 0.4) is 0 Å². The van der Waals surface area contributed by atoms with Gasteiger partial charge in [-0.05, 0) is 59.6 Å². The predicted molar refractivity (Wildman–Crippen MR) is 142 cm³/mol. The highest BCUT2D eigenvalue weighted by atomic mass is 32.2. The van der Waals surface area contributed by atoms with Gasteiger partial charge in [-0.1, -0.05) is 56.3 Å². The van der Waals surface area contributed by atoms with Crippen LogP contribution in [-0.4, -0.2) is 23.2 Å². The molecule has 0 fully saturated rings. The van der Waals surface area contributed by atoms with Gasteiger partial charge in [0.05, 0.1) is 17.0 Å². The van der Waals surface area contributed by atoms with Crippen LogP contribution in [0, 0.1) is 0 Å². The van der Waals surface area contributed by atoms with Gasteiger partial charge in [0, 0.05) is 11.1 Å². The molecule has 4 aromatic rings. The van der Waals surface area contributed by atoms with Gasteiger partial charge in [0.15, 0.2) is 5.69 Å². The molecule has 0 atom stereocenters. The molecule has 0 aliphatic rings. The van der Waals surface area contributed by atoms with Crippen molar-refractivity contribution >= 4 is 49.6 Å². The monoisotopic (exact) mass is 507 g/mol. The molecular weight excluding hydrogens is 482 g/mol. The molecule has 4 N–H and O–H groups in total. The average Bonchev–Trinajstić information content (AvgIpc) is 3.08. The van der Waals surface area contributed by atoms with Crippen molar-refractivity contribution in [3.63, 3.8) is 0 Å². The fraction of sp³-hybridized carbons (Fsp3) is 0.160. The summed E-state index contributed by atoms with van der Waals surface area (Å²) in [5.74, 6) is 0.269. The Morgan fingerprint density at radius 3 is 2.51 bits per heavy atom. The van der Waals surface area contributed by atoms with Crippen molar-refractivity contribution in [2.45, 2.75) is 31.2 Å². The van der Waals surface area contributed by atoms with E-state index in [0.717, 1.165) is 22.0 Å². The highest BCUT2D eigenvalue weighted by molar-refractivity contribution is 7.89. The van der Waals surface area contributed by atoms with E-state index in [0.29, 0.717) is 17.9 Å². The summed E-state index contributed by atoms with van der Waals surface area (Å²) in [7, 11) is -3.85. The van der Waals surface area contributed by atoms with E-state index >= 15 is 0 Å². The number of fused-ring (bicyclic) bond motifs is 1. The largest absolute Gasteiger partial charge is 0.493 e. The predicted octanol–water partition coefficient (Wildman–Crippen LogP) is 5.65. The Balaban J connectivity index is 1.69. The average molecular weight is 508 g/mol. The third-order valence-electron chi connectivity index (χ3n) is 5.54. The van der Waals surface area contributed by atoms with Gasteiger partial charge in [0.25, 0.3) is 0 Å². The van der Waals surface area contributed by atoms with Crippen LogP contribution in [0.5, 0.6) is 5.88 Å². The number of aromatic hydroxyl groups is 1. The summed E-state index contributed by atoms with van der Waals surface area (Å²) in [6.07, 6.45) is 0. The molecule has 0 amide bonds. The number of azo groups is 1. The fourth-order valence-electron chi connectivity index (χ4n) is 3.72. The summed E-state index contributed by atoms with van der Waals surface area (Å²) >= 11 is 5.28. The van der Waals surface area contributed by atoms with E-state index < -0.39 is 10.0 Å². The van der Waals surface area contributed by atoms with Crippen LogP contribution in [0.2, 0.25) is 0 Å². The van der Waals surface area contributed by atoms with Crippen LogP contribution in [0.25, 0.3) is 10.9 Å². The van der Waals surface area contributed by atoms with Crippen LogP contribution in [0.15, 0.2) is 87.9 Å². The number of nitrogens with two attached hydrogens (primary N) is 1. The zero-order chi connectivity index (χ0) is 25.2. The lowest BCUT2D eigenvalue weighted by atomic mass is 10.0. The van der Waals surface area contributed by atoms with Crippen LogP contribution in [0.4, 0.5) is 11.4 Å². The molecule has 4 rings (SSSR count). The standard InChI is InChI=1S/C25H25N5O3S2/c1-16(2)18-11-12-22-21(13-18)23(24(31)30(22)15-17-7-4-3-5-8-17)28-29-25(34)27-19-9-6-10-20(14-19)35(26,32)33/h3-14,16,31H,15H2,1-2H3,(H,27,34)(H2,26,32,33). The molecule has 35 heavy (non-hydrogen) atoms. The van der Waals surface area contributed by atoms with Crippen molar-refractivity contribution in [1.29, 1.82) is 0 Å². The minimum Gasteiger partial charge on any atom is -0.493 e. The topological polar surface area (TPSA) is 122 Å². The number of anilines is 1. The number of sulfonamides is 1. The van der Waals surface area contributed by atoms with Crippen LogP contribution in [-0.2, 0) is 16.6 Å². The molecule has 0 bridgehead atoms. The maximum atomic E-state index is 11.6. The lowest BCUT2D eigenvalue weighted by molar-refractivity contribution is 0.429. The Bertz CT molecular complexity index is 1530. The minimum absolute atomic E-state index is 0.0000528. The van der Waals surface area contributed by atoms with Gasteiger partial charge in [0.2, 0.25) is 21.0 Å². The highest BCUT2D eigenvalue weighted by Crippen LogP contribution is 2.40. The van der Waals surface area contributed by atoms with E-state index in [1.165, 1.54) is 18.2 Å². The van der Waals surface area contributed by atoms with Gasteiger partial charge in [-0.25, -0.2) is 13.6 Å². The quantitative estimate of drug-likeness (QED) is 0.230. The summed E-state index contributed by atoms with van der Waals surface area (Å²) in [6.45, 7) is 4.65. The highest BCUT2D eigenvalue weighted by Gasteiger charge is 2.18. The van der Waals surface area contributed by atoms with Crippen molar-refractivity contribution in [1.82, 2.24) is 4.57 Å². The molecule has 1 heterocycles. The molecule has 0 saturated carbocycles. The number of benzene rings is 3. The van der Waals surface area contributed by atoms with Crippen LogP contribution < -0.4 is 10.5 Å². The van der Waals surface area contributed by atoms with Gasteiger partial charge >= 0.3 is 0 Å². The Hall–Kier alpha value is -3.60. The Labute approximate surface area is 209 Å². The third kappa shape index (κ3) is 5.56. The summed E-state index contributed by atoms with van der Waals surface area (Å²) in [6, 6.07) is 21.8. The number of thiocarbonyl (C=S) groups is 1. The van der Waals surface area contributed by atoms with Crippen molar-refractivity contribution in [3.8, 4) is 5.88 Å². The summed E-state index contributed by atoms with van der Waals surface area (Å²) in [5.41, 5.74) is 3.66. The Morgan fingerprint density at radius 1 is 1.09 bits per heavy atom. The normalized spacial score (nSPS) is 12.0. The summed E-state index contributed by atoms with van der Waals surface area (Å²) in [4.78, 5) is -0.0509. The number of nitrogens with one attached hydrogen (secondary N) is 1. The number of hydrogen-bond donors (Lipinski definition) is 3. The first-order valence-electron chi connectivity index (χ1n) is 10.9. The molecule has 3 aromatic carbocycles. The minimum atomic E-state index is -3.85. The molecule has 10 heteroatoms. The smallest absolute Gasteiger partial charge is 0.238 e. The lowest BCUT2D eigenvalue weighted by Crippen LogP contribution is -2.13. The molecule has 0 aliphatic heterocycles. The molecule has 8 nitrogen and oxygen atoms in total. The zero-order valence-electron chi connectivity index (χ0n) is 19.2. The lowest BCUT2D eigenvalue weighted by Gasteiger charge is -2.08. The Kier molecular flexibility index (Phi) is 6.97. The maximum absolute atomic E-state index is 11.6. The van der Waals surface area contributed by atoms with E-state index in [1.807, 2.05) is 48.5 Å². The van der Waals surface area contributed by atoms with Gasteiger partial charge in [-0.3, -0.25) is 0 Å². The molecule has 0 spiro atoms. The Morgan fingerprint density at radius 2 is 1.83 bits per heavy atom. The maximum Gasteiger partial charge on any atom is 0.238 e. The second-order valence-corrected chi connectivity index (χ2v) is 10.3. The molecule has 0 unspecified atom stereocenters. The molecule has 180 valence electrons. The number of nitrogens with zero attached hydrogens (tertiary/aromatic N) is 3. The fourth-order valence-corrected chi connectivity index (χ4v) is 4.44. The van der Waals surface area contributed by atoms with Crippen molar-refractivity contribution in [2.75, 3.05) is 5.32 Å². The number of primary sulfonamides is 1. The zero-order valence-corrected chi connectivity index (χ0v) is 20.8. The van der Waals surface area contributed by atoms with Crippen molar-refractivity contribution in [2.24, 2.45) is 15.4 Å². The van der Waals surface area contributed by atoms with Crippen LogP contribution in [0.1, 0.15) is 30.9 Å². The molecule has 1 aromatic heterocycles. The SMILES string of the molecule is CC(C)c1ccc2c(c1)c(N=NC(=S)Nc1cccc(S(N)(=O)=O)c1)c(O)n2Cc1ccccc1. The number of hydrogen-bond acceptors (Lipinski definition) is 5. The summed E-state index contributed by atoms with van der Waals surface area (Å²) < 4.78 is 25.0. The van der Waals surface area contributed by atoms with Crippen molar-refractivity contribution < 1.29 is 13.5 Å². The van der Waals surface area contributed by atoms with E-state index in [2.05, 4.69) is 29.4 Å². The van der Waals surface area contributed by atoms with Crippen LogP contribution >= 0.6 is 12.2 Å². The molecule has 0 saturated heterocycles. The third-order valence-corrected chi connectivity index (χ3v) is 6.63. The van der Waals surface area contributed by atoms with Gasteiger partial charge < -0.3 is 15.0 Å². The summed E-state index contributed by atoms with van der Waals surface area (Å²) in [5, 5.41) is 28.2. The van der Waals surface area contributed by atoms with Gasteiger partial charge in [-0.15, -0.1) is 10.2 Å². The van der Waals surface area contributed by atoms with E-state index in [4.69, 9.17) is 17.4 Å². The van der Waals surface area contributed by atoms with E-state index in [1.54, 1.807) is 10.6 Å². The first-order chi connectivity index (χ1) is 16.6. The first kappa shape index (κ1) is 24.5. The molecule has 0 radical (unpaired) electrons. The second-order valence-electron chi connectivity index (χ2n) is 8.38. The molecule has 0 aliphatic carbocycles. The second kappa shape index (κ2) is 9.95.